The third kappa shape index (κ3) is 2.77. The smallest absolute Gasteiger partial charge is 0.356 e. The summed E-state index contributed by atoms with van der Waals surface area (Å²) in [6.45, 7) is 0. The largest absolute Gasteiger partial charge is 0.497 e. The minimum Gasteiger partial charge on any atom is -0.497 e. The van der Waals surface area contributed by atoms with E-state index in [0.29, 0.717) is 5.65 Å². The van der Waals surface area contributed by atoms with E-state index in [1.165, 1.54) is 6.07 Å². The van der Waals surface area contributed by atoms with Crippen LogP contribution < -0.4 is 4.74 Å². The number of ether oxygens (including phenoxy) is 1. The van der Waals surface area contributed by atoms with Crippen LogP contribution >= 0.6 is 0 Å². The molecule has 2 aromatic heterocycles. The van der Waals surface area contributed by atoms with Gasteiger partial charge in [0.05, 0.1) is 12.8 Å². The van der Waals surface area contributed by atoms with Gasteiger partial charge in [0.2, 0.25) is 0 Å². The Morgan fingerprint density at radius 2 is 1.58 bits per heavy atom. The zero-order chi connectivity index (χ0) is 18.1. The molecule has 0 amide bonds. The lowest BCUT2D eigenvalue weighted by Crippen LogP contribution is -1.99. The van der Waals surface area contributed by atoms with Crippen LogP contribution in [0.4, 0.5) is 0 Å². The summed E-state index contributed by atoms with van der Waals surface area (Å²) in [6.07, 6.45) is 1.65. The molecule has 0 fully saturated rings. The lowest BCUT2D eigenvalue weighted by molar-refractivity contribution is 0.0690. The molecule has 1 N–H and O–H groups in total. The zero-order valence-electron chi connectivity index (χ0n) is 14.0. The van der Waals surface area contributed by atoms with Crippen molar-refractivity contribution in [3.63, 3.8) is 0 Å². The average Bonchev–Trinajstić information content (AvgIpc) is 3.13. The Bertz CT molecular complexity index is 1080. The molecule has 0 saturated heterocycles. The number of rotatable bonds is 4. The van der Waals surface area contributed by atoms with Crippen molar-refractivity contribution in [1.82, 2.24) is 14.6 Å². The van der Waals surface area contributed by atoms with Crippen LogP contribution in [-0.4, -0.2) is 32.8 Å². The van der Waals surface area contributed by atoms with Crippen molar-refractivity contribution in [1.29, 1.82) is 0 Å². The first-order valence-corrected chi connectivity index (χ1v) is 7.98. The van der Waals surface area contributed by atoms with E-state index in [1.807, 2.05) is 54.6 Å². The minimum absolute atomic E-state index is 0.0280. The Morgan fingerprint density at radius 1 is 0.962 bits per heavy atom. The number of nitrogens with zero attached hydrogens (tertiary/aromatic N) is 3. The lowest BCUT2D eigenvalue weighted by Gasteiger charge is -2.07. The number of hydrogen-bond acceptors (Lipinski definition) is 4. The summed E-state index contributed by atoms with van der Waals surface area (Å²) in [5.41, 5.74) is 4.34. The normalized spacial score (nSPS) is 10.8. The third-order valence-electron chi connectivity index (χ3n) is 4.18. The van der Waals surface area contributed by atoms with Gasteiger partial charge in [0.1, 0.15) is 5.75 Å². The molecule has 26 heavy (non-hydrogen) atoms. The summed E-state index contributed by atoms with van der Waals surface area (Å²) in [7, 11) is 1.64. The Hall–Kier alpha value is -3.67. The highest BCUT2D eigenvalue weighted by Crippen LogP contribution is 2.26. The van der Waals surface area contributed by atoms with E-state index in [-0.39, 0.29) is 5.69 Å². The Kier molecular flexibility index (Phi) is 3.85. The molecule has 4 aromatic rings. The van der Waals surface area contributed by atoms with Gasteiger partial charge in [0.25, 0.3) is 0 Å². The Balaban J connectivity index is 1.72. The van der Waals surface area contributed by atoms with Gasteiger partial charge in [-0.3, -0.25) is 0 Å². The first kappa shape index (κ1) is 15.8. The summed E-state index contributed by atoms with van der Waals surface area (Å²) < 4.78 is 6.73. The third-order valence-corrected chi connectivity index (χ3v) is 4.18. The summed E-state index contributed by atoms with van der Waals surface area (Å²) in [5, 5.41) is 13.3. The molecule has 6 nitrogen and oxygen atoms in total. The molecular weight excluding hydrogens is 330 g/mol. The van der Waals surface area contributed by atoms with E-state index in [9.17, 15) is 4.79 Å². The van der Waals surface area contributed by atoms with Crippen molar-refractivity contribution in [3.8, 4) is 28.1 Å². The van der Waals surface area contributed by atoms with Crippen molar-refractivity contribution in [2.45, 2.75) is 0 Å². The van der Waals surface area contributed by atoms with Crippen molar-refractivity contribution < 1.29 is 14.6 Å². The topological polar surface area (TPSA) is 76.7 Å². The van der Waals surface area contributed by atoms with Gasteiger partial charge >= 0.3 is 5.97 Å². The second-order valence-corrected chi connectivity index (χ2v) is 5.74. The number of hydrogen-bond donors (Lipinski definition) is 1. The van der Waals surface area contributed by atoms with Gasteiger partial charge in [0.15, 0.2) is 11.3 Å². The van der Waals surface area contributed by atoms with Crippen molar-refractivity contribution in [3.05, 3.63) is 72.6 Å². The molecule has 0 saturated carbocycles. The van der Waals surface area contributed by atoms with Gasteiger partial charge in [0, 0.05) is 17.8 Å². The van der Waals surface area contributed by atoms with Crippen LogP contribution in [0.1, 0.15) is 10.5 Å². The number of aromatic nitrogens is 3. The van der Waals surface area contributed by atoms with Crippen LogP contribution in [0.15, 0.2) is 66.9 Å². The molecule has 128 valence electrons. The van der Waals surface area contributed by atoms with E-state index in [4.69, 9.17) is 9.84 Å². The molecule has 0 aliphatic rings. The maximum atomic E-state index is 11.2. The van der Waals surface area contributed by atoms with Gasteiger partial charge in [-0.2, -0.15) is 5.10 Å². The summed E-state index contributed by atoms with van der Waals surface area (Å²) >= 11 is 0. The highest BCUT2D eigenvalue weighted by Gasteiger charge is 2.12. The van der Waals surface area contributed by atoms with Gasteiger partial charge < -0.3 is 9.84 Å². The summed E-state index contributed by atoms with van der Waals surface area (Å²) in [4.78, 5) is 15.3. The lowest BCUT2D eigenvalue weighted by atomic mass is 10.0. The molecule has 2 heterocycles. The van der Waals surface area contributed by atoms with Crippen LogP contribution in [0.3, 0.4) is 0 Å². The zero-order valence-corrected chi connectivity index (χ0v) is 14.0. The molecular formula is C20H15N3O3. The Morgan fingerprint density at radius 3 is 2.19 bits per heavy atom. The fourth-order valence-corrected chi connectivity index (χ4v) is 2.84. The van der Waals surface area contributed by atoms with E-state index in [2.05, 4.69) is 10.1 Å². The van der Waals surface area contributed by atoms with E-state index in [1.54, 1.807) is 17.8 Å². The first-order valence-electron chi connectivity index (χ1n) is 7.98. The van der Waals surface area contributed by atoms with Crippen LogP contribution in [0.5, 0.6) is 5.75 Å². The fourth-order valence-electron chi connectivity index (χ4n) is 2.84. The standard InChI is InChI=1S/C20H15N3O3/c1-26-16-8-6-14(7-9-16)13-2-4-15(5-3-13)18-10-11-21-19-12-17(20(24)25)22-23(18)19/h2-12H,1H3,(H,24,25). The van der Waals surface area contributed by atoms with Gasteiger partial charge in [-0.25, -0.2) is 14.3 Å². The second kappa shape index (κ2) is 6.33. The predicted octanol–water partition coefficient (Wildman–Crippen LogP) is 3.77. The molecule has 0 aliphatic heterocycles. The Labute approximate surface area is 149 Å². The molecule has 0 spiro atoms. The SMILES string of the molecule is COc1ccc(-c2ccc(-c3ccnc4cc(C(=O)O)nn34)cc2)cc1. The highest BCUT2D eigenvalue weighted by atomic mass is 16.5. The quantitative estimate of drug-likeness (QED) is 0.609. The van der Waals surface area contributed by atoms with Crippen LogP contribution in [0.2, 0.25) is 0 Å². The first-order chi connectivity index (χ1) is 12.7. The number of carboxylic acids is 1. The molecule has 2 aromatic carbocycles. The number of methoxy groups -OCH3 is 1. The van der Waals surface area contributed by atoms with Gasteiger partial charge in [-0.15, -0.1) is 0 Å². The monoisotopic (exact) mass is 345 g/mol. The van der Waals surface area contributed by atoms with Crippen molar-refractivity contribution in [2.75, 3.05) is 7.11 Å². The number of aromatic carboxylic acids is 1. The molecule has 0 atom stereocenters. The summed E-state index contributed by atoms with van der Waals surface area (Å²) in [6, 6.07) is 19.1. The van der Waals surface area contributed by atoms with Crippen molar-refractivity contribution >= 4 is 11.6 Å². The molecule has 0 radical (unpaired) electrons. The number of benzene rings is 2. The van der Waals surface area contributed by atoms with E-state index in [0.717, 1.165) is 28.1 Å². The average molecular weight is 345 g/mol. The molecule has 0 aliphatic carbocycles. The minimum atomic E-state index is -1.07. The summed E-state index contributed by atoms with van der Waals surface area (Å²) in [5.74, 6) is -0.256. The van der Waals surface area contributed by atoms with E-state index < -0.39 is 5.97 Å². The maximum Gasteiger partial charge on any atom is 0.356 e. The molecule has 0 unspecified atom stereocenters. The van der Waals surface area contributed by atoms with Gasteiger partial charge in [-0.05, 0) is 29.3 Å². The number of fused-ring (bicyclic) bond motifs is 1. The highest BCUT2D eigenvalue weighted by molar-refractivity contribution is 5.87. The fraction of sp³-hybridized carbons (Fsp3) is 0.0500. The van der Waals surface area contributed by atoms with Crippen LogP contribution in [0, 0.1) is 0 Å². The molecule has 4 rings (SSSR count). The second-order valence-electron chi connectivity index (χ2n) is 5.74. The van der Waals surface area contributed by atoms with Gasteiger partial charge in [-0.1, -0.05) is 36.4 Å². The van der Waals surface area contributed by atoms with E-state index >= 15 is 0 Å². The maximum absolute atomic E-state index is 11.2. The predicted molar refractivity (Wildman–Crippen MR) is 97.4 cm³/mol. The molecule has 0 bridgehead atoms. The molecule has 6 heteroatoms. The van der Waals surface area contributed by atoms with Crippen LogP contribution in [0.25, 0.3) is 28.0 Å². The number of carboxylic acid groups (broad SMARTS) is 1. The van der Waals surface area contributed by atoms with Crippen molar-refractivity contribution in [2.24, 2.45) is 0 Å². The van der Waals surface area contributed by atoms with Crippen LogP contribution in [-0.2, 0) is 0 Å². The number of carbonyl (C=O) groups is 1.